The fourth-order valence-corrected chi connectivity index (χ4v) is 5.25. The lowest BCUT2D eigenvalue weighted by Gasteiger charge is -2.45. The number of aromatic amines is 1. The molecule has 5 rings (SSSR count). The summed E-state index contributed by atoms with van der Waals surface area (Å²) in [6.07, 6.45) is 0.709. The topological polar surface area (TPSA) is 101 Å². The number of alkyl halides is 2. The summed E-state index contributed by atoms with van der Waals surface area (Å²) in [5.74, 6) is 1.46. The molecule has 1 aromatic carbocycles. The predicted molar refractivity (Wildman–Crippen MR) is 133 cm³/mol. The van der Waals surface area contributed by atoms with Crippen LogP contribution < -0.4 is 10.1 Å². The van der Waals surface area contributed by atoms with Crippen molar-refractivity contribution in [1.29, 1.82) is 0 Å². The number of nitrogens with one attached hydrogen (secondary N) is 2. The van der Waals surface area contributed by atoms with Crippen LogP contribution >= 0.6 is 0 Å². The Morgan fingerprint density at radius 1 is 1.31 bits per heavy atom. The van der Waals surface area contributed by atoms with Crippen molar-refractivity contribution < 1.29 is 18.3 Å². The van der Waals surface area contributed by atoms with Crippen molar-refractivity contribution in [1.82, 2.24) is 29.4 Å². The summed E-state index contributed by atoms with van der Waals surface area (Å²) in [4.78, 5) is 30.8. The van der Waals surface area contributed by atoms with Gasteiger partial charge < -0.3 is 24.5 Å². The molecule has 2 N–H and O–H groups in total. The Labute approximate surface area is 206 Å². The molecule has 0 aliphatic heterocycles. The first kappa shape index (κ1) is 24.0. The molecule has 1 aliphatic rings. The molecular weight excluding hydrogens is 468 g/mol. The standard InChI is InChI=1S/C25H29F2N7O2/c1-13-29-17-7-6-14(8-18(17)34(13)12-19(26)27)16-11-28-21-20(16)22(36-5)32-24(31-21)30-15-9-25(2,10-15)23(35)33(3)4/h6-8,11,15,19H,9-10,12H2,1-5H3,(H2,28,30,31,32)/t15-,25-. The number of aromatic nitrogens is 5. The number of methoxy groups -OCH3 is 1. The molecule has 36 heavy (non-hydrogen) atoms. The highest BCUT2D eigenvalue weighted by molar-refractivity contribution is 5.99. The number of amides is 1. The number of benzene rings is 1. The van der Waals surface area contributed by atoms with Crippen LogP contribution in [0.5, 0.6) is 5.88 Å². The minimum atomic E-state index is -2.48. The Kier molecular flexibility index (Phi) is 5.80. The van der Waals surface area contributed by atoms with Crippen molar-refractivity contribution in [3.05, 3.63) is 30.2 Å². The Morgan fingerprint density at radius 3 is 2.72 bits per heavy atom. The first-order chi connectivity index (χ1) is 17.1. The fraction of sp³-hybridized carbons (Fsp3) is 0.440. The summed E-state index contributed by atoms with van der Waals surface area (Å²) in [5.41, 5.74) is 3.10. The molecule has 0 radical (unpaired) electrons. The van der Waals surface area contributed by atoms with E-state index < -0.39 is 13.0 Å². The smallest absolute Gasteiger partial charge is 0.256 e. The molecule has 11 heteroatoms. The van der Waals surface area contributed by atoms with Gasteiger partial charge in [0.1, 0.15) is 11.5 Å². The van der Waals surface area contributed by atoms with Gasteiger partial charge in [-0.25, -0.2) is 13.8 Å². The van der Waals surface area contributed by atoms with Gasteiger partial charge in [0.15, 0.2) is 0 Å². The summed E-state index contributed by atoms with van der Waals surface area (Å²) >= 11 is 0. The maximum absolute atomic E-state index is 13.2. The number of hydrogen-bond acceptors (Lipinski definition) is 6. The number of ether oxygens (including phenoxy) is 1. The second-order valence-electron chi connectivity index (χ2n) is 9.86. The normalized spacial score (nSPS) is 19.6. The number of imidazole rings is 1. The van der Waals surface area contributed by atoms with Crippen LogP contribution in [0, 0.1) is 12.3 Å². The second kappa shape index (κ2) is 8.72. The molecule has 1 aliphatic carbocycles. The van der Waals surface area contributed by atoms with Gasteiger partial charge in [0.05, 0.1) is 35.5 Å². The van der Waals surface area contributed by atoms with E-state index in [0.29, 0.717) is 52.6 Å². The average Bonchev–Trinajstić information content (AvgIpc) is 3.37. The monoisotopic (exact) mass is 497 g/mol. The number of aryl methyl sites for hydroxylation is 1. The summed E-state index contributed by atoms with van der Waals surface area (Å²) in [6.45, 7) is 3.28. The van der Waals surface area contributed by atoms with Crippen LogP contribution in [0.2, 0.25) is 0 Å². The van der Waals surface area contributed by atoms with Gasteiger partial charge in [-0.2, -0.15) is 9.97 Å². The molecule has 9 nitrogen and oxygen atoms in total. The number of hydrogen-bond donors (Lipinski definition) is 2. The van der Waals surface area contributed by atoms with Gasteiger partial charge in [-0.3, -0.25) is 4.79 Å². The summed E-state index contributed by atoms with van der Waals surface area (Å²) in [6, 6.07) is 5.65. The van der Waals surface area contributed by atoms with E-state index in [1.807, 2.05) is 31.3 Å². The van der Waals surface area contributed by atoms with E-state index in [0.717, 1.165) is 11.1 Å². The van der Waals surface area contributed by atoms with Crippen LogP contribution in [-0.2, 0) is 11.3 Å². The van der Waals surface area contributed by atoms with E-state index in [1.165, 1.54) is 4.57 Å². The zero-order valence-corrected chi connectivity index (χ0v) is 20.9. The number of H-pyrrole nitrogens is 1. The highest BCUT2D eigenvalue weighted by atomic mass is 19.3. The van der Waals surface area contributed by atoms with E-state index in [1.54, 1.807) is 33.0 Å². The largest absolute Gasteiger partial charge is 0.480 e. The molecule has 1 saturated carbocycles. The number of carbonyl (C=O) groups excluding carboxylic acids is 1. The van der Waals surface area contributed by atoms with Crippen molar-refractivity contribution in [2.24, 2.45) is 5.41 Å². The molecule has 0 bridgehead atoms. The van der Waals surface area contributed by atoms with E-state index in [4.69, 9.17) is 4.74 Å². The van der Waals surface area contributed by atoms with Crippen LogP contribution in [0.3, 0.4) is 0 Å². The van der Waals surface area contributed by atoms with Gasteiger partial charge in [0, 0.05) is 31.9 Å². The zero-order chi connectivity index (χ0) is 25.8. The van der Waals surface area contributed by atoms with Gasteiger partial charge in [0.25, 0.3) is 6.43 Å². The number of anilines is 1. The zero-order valence-electron chi connectivity index (χ0n) is 20.9. The molecule has 0 atom stereocenters. The van der Waals surface area contributed by atoms with Crippen molar-refractivity contribution in [3.8, 4) is 17.0 Å². The number of halogens is 2. The molecule has 0 spiro atoms. The van der Waals surface area contributed by atoms with Crippen LogP contribution in [-0.4, -0.2) is 69.0 Å². The first-order valence-electron chi connectivity index (χ1n) is 11.8. The Balaban J connectivity index is 1.46. The molecule has 3 heterocycles. The SMILES string of the molecule is COc1nc(N[C@H]2C[C@](C)(C(=O)N(C)C)C2)nc2[nH]cc(-c3ccc4nc(C)n(CC(F)F)c4c3)c12. The Morgan fingerprint density at radius 2 is 2.06 bits per heavy atom. The van der Waals surface area contributed by atoms with Crippen LogP contribution in [0.1, 0.15) is 25.6 Å². The molecule has 1 fully saturated rings. The van der Waals surface area contributed by atoms with Crippen molar-refractivity contribution in [3.63, 3.8) is 0 Å². The number of fused-ring (bicyclic) bond motifs is 2. The summed E-state index contributed by atoms with van der Waals surface area (Å²) < 4.78 is 33.4. The van der Waals surface area contributed by atoms with Crippen LogP contribution in [0.25, 0.3) is 33.2 Å². The Hall–Kier alpha value is -3.76. The molecule has 1 amide bonds. The quantitative estimate of drug-likeness (QED) is 0.396. The number of rotatable bonds is 7. The second-order valence-corrected chi connectivity index (χ2v) is 9.86. The van der Waals surface area contributed by atoms with Gasteiger partial charge in [-0.05, 0) is 37.5 Å². The maximum Gasteiger partial charge on any atom is 0.256 e. The van der Waals surface area contributed by atoms with Gasteiger partial charge >= 0.3 is 0 Å². The minimum Gasteiger partial charge on any atom is -0.480 e. The third kappa shape index (κ3) is 4.02. The lowest BCUT2D eigenvalue weighted by Crippen LogP contribution is -2.52. The van der Waals surface area contributed by atoms with E-state index in [2.05, 4.69) is 25.3 Å². The van der Waals surface area contributed by atoms with Crippen LogP contribution in [0.4, 0.5) is 14.7 Å². The van der Waals surface area contributed by atoms with Crippen molar-refractivity contribution in [2.75, 3.05) is 26.5 Å². The lowest BCUT2D eigenvalue weighted by atomic mass is 9.66. The Bertz CT molecular complexity index is 1450. The molecule has 3 aromatic heterocycles. The van der Waals surface area contributed by atoms with Gasteiger partial charge in [-0.1, -0.05) is 13.0 Å². The predicted octanol–water partition coefficient (Wildman–Crippen LogP) is 4.23. The van der Waals surface area contributed by atoms with Gasteiger partial charge in [-0.15, -0.1) is 0 Å². The van der Waals surface area contributed by atoms with Gasteiger partial charge in [0.2, 0.25) is 17.7 Å². The molecule has 0 unspecified atom stereocenters. The maximum atomic E-state index is 13.2. The van der Waals surface area contributed by atoms with Crippen LogP contribution in [0.15, 0.2) is 24.4 Å². The van der Waals surface area contributed by atoms with E-state index >= 15 is 0 Å². The minimum absolute atomic E-state index is 0.0799. The highest BCUT2D eigenvalue weighted by Gasteiger charge is 2.47. The summed E-state index contributed by atoms with van der Waals surface area (Å²) in [5, 5.41) is 4.01. The third-order valence-electron chi connectivity index (χ3n) is 6.91. The molecule has 190 valence electrons. The molecule has 4 aromatic rings. The van der Waals surface area contributed by atoms with E-state index in [9.17, 15) is 13.6 Å². The average molecular weight is 498 g/mol. The molecule has 0 saturated heterocycles. The summed E-state index contributed by atoms with van der Waals surface area (Å²) in [7, 11) is 5.08. The fourth-order valence-electron chi connectivity index (χ4n) is 5.25. The molecular formula is C25H29F2N7O2. The highest BCUT2D eigenvalue weighted by Crippen LogP contribution is 2.43. The van der Waals surface area contributed by atoms with Crippen molar-refractivity contribution in [2.45, 2.75) is 45.7 Å². The number of nitrogens with zero attached hydrogens (tertiary/aromatic N) is 5. The lowest BCUT2D eigenvalue weighted by molar-refractivity contribution is -0.143. The number of carbonyl (C=O) groups is 1. The van der Waals surface area contributed by atoms with Crippen molar-refractivity contribution >= 4 is 33.9 Å². The first-order valence-corrected chi connectivity index (χ1v) is 11.8. The van der Waals surface area contributed by atoms with E-state index in [-0.39, 0.29) is 17.4 Å². The third-order valence-corrected chi connectivity index (χ3v) is 6.91.